The average Bonchev–Trinajstić information content (AvgIpc) is 2.72. The van der Waals surface area contributed by atoms with E-state index in [-0.39, 0.29) is 11.9 Å². The molecule has 0 aliphatic carbocycles. The van der Waals surface area contributed by atoms with Crippen LogP contribution in [0.1, 0.15) is 136 Å². The standard InChI is InChI=1S/C25H48O4/c1-3-5-18-22-28-24(26)20-16-14-12-10-8-7-9-11-13-15-17-21-25(27)29-23-19-6-4-2/h3-23H2,1-2H3. The van der Waals surface area contributed by atoms with E-state index in [0.717, 1.165) is 64.2 Å². The smallest absolute Gasteiger partial charge is 0.305 e. The van der Waals surface area contributed by atoms with Gasteiger partial charge in [0.05, 0.1) is 13.2 Å². The predicted molar refractivity (Wildman–Crippen MR) is 121 cm³/mol. The van der Waals surface area contributed by atoms with Crippen LogP contribution in [0.3, 0.4) is 0 Å². The Morgan fingerprint density at radius 3 is 1.07 bits per heavy atom. The number of rotatable bonds is 22. The number of carbonyl (C=O) groups excluding carboxylic acids is 2. The van der Waals surface area contributed by atoms with Gasteiger partial charge in [0.1, 0.15) is 0 Å². The zero-order chi connectivity index (χ0) is 21.4. The van der Waals surface area contributed by atoms with E-state index in [0.29, 0.717) is 26.1 Å². The third-order valence-corrected chi connectivity index (χ3v) is 5.28. The molecule has 0 N–H and O–H groups in total. The molecule has 0 spiro atoms. The molecule has 0 aliphatic rings. The van der Waals surface area contributed by atoms with Crippen molar-refractivity contribution in [1.82, 2.24) is 0 Å². The van der Waals surface area contributed by atoms with E-state index in [4.69, 9.17) is 9.47 Å². The van der Waals surface area contributed by atoms with Gasteiger partial charge in [0.15, 0.2) is 0 Å². The lowest BCUT2D eigenvalue weighted by Crippen LogP contribution is -2.05. The molecule has 172 valence electrons. The summed E-state index contributed by atoms with van der Waals surface area (Å²) in [5.41, 5.74) is 0. The SMILES string of the molecule is CCCCCOC(=O)CCCCCCCCCCCCCC(=O)OCCCCC. The maximum Gasteiger partial charge on any atom is 0.305 e. The Hall–Kier alpha value is -1.06. The summed E-state index contributed by atoms with van der Waals surface area (Å²) in [7, 11) is 0. The van der Waals surface area contributed by atoms with Crippen LogP contribution in [-0.4, -0.2) is 25.2 Å². The second-order valence-electron chi connectivity index (χ2n) is 8.24. The quantitative estimate of drug-likeness (QED) is 0.136. The first-order valence-corrected chi connectivity index (χ1v) is 12.5. The Labute approximate surface area is 180 Å². The van der Waals surface area contributed by atoms with Crippen molar-refractivity contribution in [2.75, 3.05) is 13.2 Å². The Bertz CT molecular complexity index is 334. The van der Waals surface area contributed by atoms with Crippen LogP contribution in [0.5, 0.6) is 0 Å². The van der Waals surface area contributed by atoms with Crippen LogP contribution in [-0.2, 0) is 19.1 Å². The van der Waals surface area contributed by atoms with Gasteiger partial charge in [-0.3, -0.25) is 9.59 Å². The molecule has 0 aromatic rings. The lowest BCUT2D eigenvalue weighted by molar-refractivity contribution is -0.144. The fourth-order valence-corrected chi connectivity index (χ4v) is 3.35. The molecule has 0 aromatic heterocycles. The minimum Gasteiger partial charge on any atom is -0.466 e. The Morgan fingerprint density at radius 1 is 0.448 bits per heavy atom. The number of ether oxygens (including phenoxy) is 2. The molecule has 4 heteroatoms. The largest absolute Gasteiger partial charge is 0.466 e. The molecule has 0 radical (unpaired) electrons. The van der Waals surface area contributed by atoms with Gasteiger partial charge in [-0.2, -0.15) is 0 Å². The summed E-state index contributed by atoms with van der Waals surface area (Å²) < 4.78 is 10.4. The van der Waals surface area contributed by atoms with E-state index in [1.54, 1.807) is 0 Å². The maximum absolute atomic E-state index is 11.5. The molecule has 0 saturated carbocycles. The maximum atomic E-state index is 11.5. The molecule has 0 fully saturated rings. The summed E-state index contributed by atoms with van der Waals surface area (Å²) in [5.74, 6) is -0.0447. The molecule has 0 rings (SSSR count). The van der Waals surface area contributed by atoms with Crippen molar-refractivity contribution in [1.29, 1.82) is 0 Å². The summed E-state index contributed by atoms with van der Waals surface area (Å²) in [5, 5.41) is 0. The van der Waals surface area contributed by atoms with E-state index in [1.807, 2.05) is 0 Å². The summed E-state index contributed by atoms with van der Waals surface area (Å²) in [4.78, 5) is 23.1. The normalized spacial score (nSPS) is 10.8. The van der Waals surface area contributed by atoms with Gasteiger partial charge in [-0.15, -0.1) is 0 Å². The van der Waals surface area contributed by atoms with Crippen LogP contribution in [0.25, 0.3) is 0 Å². The molecule has 0 aliphatic heterocycles. The molecule has 0 heterocycles. The van der Waals surface area contributed by atoms with E-state index in [1.165, 1.54) is 44.9 Å². The lowest BCUT2D eigenvalue weighted by atomic mass is 10.0. The second-order valence-corrected chi connectivity index (χ2v) is 8.24. The first-order chi connectivity index (χ1) is 14.2. The topological polar surface area (TPSA) is 52.6 Å². The monoisotopic (exact) mass is 412 g/mol. The number of hydrogen-bond donors (Lipinski definition) is 0. The zero-order valence-electron chi connectivity index (χ0n) is 19.5. The van der Waals surface area contributed by atoms with Crippen molar-refractivity contribution in [2.24, 2.45) is 0 Å². The van der Waals surface area contributed by atoms with Crippen molar-refractivity contribution in [3.63, 3.8) is 0 Å². The highest BCUT2D eigenvalue weighted by Gasteiger charge is 2.03. The Morgan fingerprint density at radius 2 is 0.759 bits per heavy atom. The number of carbonyl (C=O) groups is 2. The molecular weight excluding hydrogens is 364 g/mol. The molecule has 0 saturated heterocycles. The van der Waals surface area contributed by atoms with Gasteiger partial charge in [0, 0.05) is 12.8 Å². The van der Waals surface area contributed by atoms with Gasteiger partial charge in [0.2, 0.25) is 0 Å². The van der Waals surface area contributed by atoms with Crippen molar-refractivity contribution in [3.05, 3.63) is 0 Å². The van der Waals surface area contributed by atoms with E-state index in [2.05, 4.69) is 13.8 Å². The van der Waals surface area contributed by atoms with Gasteiger partial charge in [-0.05, 0) is 25.7 Å². The highest BCUT2D eigenvalue weighted by atomic mass is 16.5. The second kappa shape index (κ2) is 23.2. The molecule has 29 heavy (non-hydrogen) atoms. The molecule has 0 bridgehead atoms. The molecule has 0 atom stereocenters. The highest BCUT2D eigenvalue weighted by Crippen LogP contribution is 2.13. The van der Waals surface area contributed by atoms with Crippen molar-refractivity contribution >= 4 is 11.9 Å². The number of esters is 2. The zero-order valence-corrected chi connectivity index (χ0v) is 19.5. The van der Waals surface area contributed by atoms with Crippen LogP contribution in [0.15, 0.2) is 0 Å². The molecule has 4 nitrogen and oxygen atoms in total. The molecule has 0 aromatic carbocycles. The fourth-order valence-electron chi connectivity index (χ4n) is 3.35. The summed E-state index contributed by atoms with van der Waals surface area (Å²) in [6.45, 7) is 5.49. The van der Waals surface area contributed by atoms with E-state index < -0.39 is 0 Å². The minimum atomic E-state index is -0.0224. The third-order valence-electron chi connectivity index (χ3n) is 5.28. The van der Waals surface area contributed by atoms with Crippen molar-refractivity contribution in [3.8, 4) is 0 Å². The minimum absolute atomic E-state index is 0.0224. The van der Waals surface area contributed by atoms with Gasteiger partial charge in [-0.25, -0.2) is 0 Å². The van der Waals surface area contributed by atoms with Gasteiger partial charge < -0.3 is 9.47 Å². The van der Waals surface area contributed by atoms with Crippen molar-refractivity contribution < 1.29 is 19.1 Å². The highest BCUT2D eigenvalue weighted by molar-refractivity contribution is 5.69. The molecule has 0 unspecified atom stereocenters. The number of hydrogen-bond acceptors (Lipinski definition) is 4. The predicted octanol–water partition coefficient (Wildman–Crippen LogP) is 7.52. The number of unbranched alkanes of at least 4 members (excludes halogenated alkanes) is 14. The van der Waals surface area contributed by atoms with Crippen molar-refractivity contribution in [2.45, 2.75) is 136 Å². The van der Waals surface area contributed by atoms with E-state index in [9.17, 15) is 9.59 Å². The first-order valence-electron chi connectivity index (χ1n) is 12.5. The lowest BCUT2D eigenvalue weighted by Gasteiger charge is -2.05. The third kappa shape index (κ3) is 23.1. The molecule has 0 amide bonds. The summed E-state index contributed by atoms with van der Waals surface area (Å²) >= 11 is 0. The summed E-state index contributed by atoms with van der Waals surface area (Å²) in [6.07, 6.45) is 20.9. The Balaban J connectivity index is 3.18. The van der Waals surface area contributed by atoms with E-state index >= 15 is 0 Å². The summed E-state index contributed by atoms with van der Waals surface area (Å²) in [6, 6.07) is 0. The van der Waals surface area contributed by atoms with Crippen LogP contribution < -0.4 is 0 Å². The van der Waals surface area contributed by atoms with Gasteiger partial charge in [0.25, 0.3) is 0 Å². The Kier molecular flexibility index (Phi) is 22.4. The van der Waals surface area contributed by atoms with Crippen LogP contribution in [0, 0.1) is 0 Å². The first kappa shape index (κ1) is 27.9. The van der Waals surface area contributed by atoms with Crippen LogP contribution in [0.4, 0.5) is 0 Å². The van der Waals surface area contributed by atoms with Crippen LogP contribution in [0.2, 0.25) is 0 Å². The molecular formula is C25H48O4. The van der Waals surface area contributed by atoms with Gasteiger partial charge in [-0.1, -0.05) is 97.3 Å². The fraction of sp³-hybridized carbons (Fsp3) is 0.920. The average molecular weight is 413 g/mol. The van der Waals surface area contributed by atoms with Gasteiger partial charge >= 0.3 is 11.9 Å². The van der Waals surface area contributed by atoms with Crippen LogP contribution >= 0.6 is 0 Å².